The van der Waals surface area contributed by atoms with Gasteiger partial charge in [0.25, 0.3) is 0 Å². The van der Waals surface area contributed by atoms with Crippen LogP contribution in [0.1, 0.15) is 31.7 Å². The fourth-order valence-corrected chi connectivity index (χ4v) is 2.06. The fourth-order valence-electron chi connectivity index (χ4n) is 1.58. The van der Waals surface area contributed by atoms with Gasteiger partial charge in [-0.3, -0.25) is 0 Å². The maximum absolute atomic E-state index is 6.08. The Morgan fingerprint density at radius 1 is 1.29 bits per heavy atom. The molecule has 0 aromatic heterocycles. The molecular formula is C11H15Cl2N. The molecule has 3 heteroatoms. The standard InChI is InChI=1S/C11H15Cl2N/c1-7(5-8(2)14)10-6-9(12)3-4-11(10)13/h3-4,6-8H,5,14H2,1-2H3. The van der Waals surface area contributed by atoms with Crippen LogP contribution in [0.4, 0.5) is 0 Å². The van der Waals surface area contributed by atoms with E-state index in [-0.39, 0.29) is 6.04 Å². The average molecular weight is 232 g/mol. The topological polar surface area (TPSA) is 26.0 Å². The number of nitrogens with two attached hydrogens (primary N) is 1. The molecule has 0 fully saturated rings. The molecule has 0 radical (unpaired) electrons. The molecule has 78 valence electrons. The Morgan fingerprint density at radius 3 is 2.50 bits per heavy atom. The van der Waals surface area contributed by atoms with Gasteiger partial charge in [-0.05, 0) is 43.0 Å². The van der Waals surface area contributed by atoms with Crippen LogP contribution < -0.4 is 5.73 Å². The summed E-state index contributed by atoms with van der Waals surface area (Å²) in [6.45, 7) is 4.11. The molecule has 0 bridgehead atoms. The van der Waals surface area contributed by atoms with Gasteiger partial charge in [0.2, 0.25) is 0 Å². The van der Waals surface area contributed by atoms with Crippen molar-refractivity contribution in [1.29, 1.82) is 0 Å². The molecule has 0 saturated heterocycles. The van der Waals surface area contributed by atoms with Crippen molar-refractivity contribution in [2.45, 2.75) is 32.2 Å². The zero-order valence-electron chi connectivity index (χ0n) is 8.43. The minimum atomic E-state index is 0.181. The summed E-state index contributed by atoms with van der Waals surface area (Å²) in [6.07, 6.45) is 0.917. The average Bonchev–Trinajstić information content (AvgIpc) is 2.08. The Bertz CT molecular complexity index is 310. The quantitative estimate of drug-likeness (QED) is 0.841. The van der Waals surface area contributed by atoms with Crippen molar-refractivity contribution in [2.24, 2.45) is 5.73 Å². The molecule has 14 heavy (non-hydrogen) atoms. The van der Waals surface area contributed by atoms with Crippen molar-refractivity contribution >= 4 is 23.2 Å². The Hall–Kier alpha value is -0.240. The summed E-state index contributed by atoms with van der Waals surface area (Å²) < 4.78 is 0. The van der Waals surface area contributed by atoms with E-state index in [2.05, 4.69) is 6.92 Å². The first kappa shape index (κ1) is 11.8. The first-order valence-electron chi connectivity index (χ1n) is 4.71. The second-order valence-corrected chi connectivity index (χ2v) is 4.62. The molecule has 0 amide bonds. The van der Waals surface area contributed by atoms with Crippen molar-refractivity contribution < 1.29 is 0 Å². The van der Waals surface area contributed by atoms with E-state index in [0.717, 1.165) is 22.0 Å². The van der Waals surface area contributed by atoms with Gasteiger partial charge in [0, 0.05) is 16.1 Å². The molecule has 1 rings (SSSR count). The summed E-state index contributed by atoms with van der Waals surface area (Å²) >= 11 is 12.0. The minimum Gasteiger partial charge on any atom is -0.328 e. The van der Waals surface area contributed by atoms with Gasteiger partial charge < -0.3 is 5.73 Å². The summed E-state index contributed by atoms with van der Waals surface area (Å²) in [5.74, 6) is 0.348. The highest BCUT2D eigenvalue weighted by atomic mass is 35.5. The predicted molar refractivity (Wildman–Crippen MR) is 63.1 cm³/mol. The van der Waals surface area contributed by atoms with Crippen LogP contribution in [-0.2, 0) is 0 Å². The van der Waals surface area contributed by atoms with Crippen LogP contribution in [0.25, 0.3) is 0 Å². The number of halogens is 2. The van der Waals surface area contributed by atoms with Gasteiger partial charge in [-0.15, -0.1) is 0 Å². The molecule has 2 unspecified atom stereocenters. The second kappa shape index (κ2) is 5.01. The summed E-state index contributed by atoms with van der Waals surface area (Å²) in [5, 5.41) is 1.49. The van der Waals surface area contributed by atoms with Crippen molar-refractivity contribution in [3.05, 3.63) is 33.8 Å². The lowest BCUT2D eigenvalue weighted by Gasteiger charge is -2.15. The van der Waals surface area contributed by atoms with Crippen molar-refractivity contribution in [3.8, 4) is 0 Å². The van der Waals surface area contributed by atoms with Gasteiger partial charge >= 0.3 is 0 Å². The third-order valence-corrected chi connectivity index (χ3v) is 2.79. The predicted octanol–water partition coefficient (Wildman–Crippen LogP) is 3.83. The zero-order valence-corrected chi connectivity index (χ0v) is 9.94. The van der Waals surface area contributed by atoms with Crippen LogP contribution in [0, 0.1) is 0 Å². The summed E-state index contributed by atoms with van der Waals surface area (Å²) in [5.41, 5.74) is 6.82. The fraction of sp³-hybridized carbons (Fsp3) is 0.455. The normalized spacial score (nSPS) is 15.2. The lowest BCUT2D eigenvalue weighted by atomic mass is 9.95. The number of rotatable bonds is 3. The van der Waals surface area contributed by atoms with Gasteiger partial charge in [0.15, 0.2) is 0 Å². The third kappa shape index (κ3) is 3.16. The molecule has 0 spiro atoms. The van der Waals surface area contributed by atoms with Crippen LogP contribution in [-0.4, -0.2) is 6.04 Å². The van der Waals surface area contributed by atoms with Crippen LogP contribution >= 0.6 is 23.2 Å². The largest absolute Gasteiger partial charge is 0.328 e. The lowest BCUT2D eigenvalue weighted by Crippen LogP contribution is -2.17. The minimum absolute atomic E-state index is 0.181. The van der Waals surface area contributed by atoms with Crippen LogP contribution in [0.5, 0.6) is 0 Å². The maximum atomic E-state index is 6.08. The van der Waals surface area contributed by atoms with Gasteiger partial charge in [-0.25, -0.2) is 0 Å². The Labute approximate surface area is 95.2 Å². The summed E-state index contributed by atoms with van der Waals surface area (Å²) in [4.78, 5) is 0. The van der Waals surface area contributed by atoms with Crippen LogP contribution in [0.2, 0.25) is 10.0 Å². The molecule has 1 nitrogen and oxygen atoms in total. The summed E-state index contributed by atoms with van der Waals surface area (Å²) in [6, 6.07) is 5.72. The van der Waals surface area contributed by atoms with Crippen molar-refractivity contribution in [2.75, 3.05) is 0 Å². The molecule has 0 saturated carbocycles. The maximum Gasteiger partial charge on any atom is 0.0441 e. The monoisotopic (exact) mass is 231 g/mol. The number of hydrogen-bond donors (Lipinski definition) is 1. The van der Waals surface area contributed by atoms with Gasteiger partial charge in [0.05, 0.1) is 0 Å². The van der Waals surface area contributed by atoms with Gasteiger partial charge in [-0.2, -0.15) is 0 Å². The number of hydrogen-bond acceptors (Lipinski definition) is 1. The van der Waals surface area contributed by atoms with E-state index in [4.69, 9.17) is 28.9 Å². The Kier molecular flexibility index (Phi) is 4.24. The Morgan fingerprint density at radius 2 is 1.93 bits per heavy atom. The molecule has 2 N–H and O–H groups in total. The molecule has 0 aliphatic rings. The highest BCUT2D eigenvalue weighted by molar-refractivity contribution is 6.33. The van der Waals surface area contributed by atoms with Crippen LogP contribution in [0.15, 0.2) is 18.2 Å². The molecule has 0 heterocycles. The van der Waals surface area contributed by atoms with E-state index in [1.165, 1.54) is 0 Å². The lowest BCUT2D eigenvalue weighted by molar-refractivity contribution is 0.586. The van der Waals surface area contributed by atoms with Gasteiger partial charge in [-0.1, -0.05) is 30.1 Å². The van der Waals surface area contributed by atoms with Crippen molar-refractivity contribution in [1.82, 2.24) is 0 Å². The van der Waals surface area contributed by atoms with E-state index >= 15 is 0 Å². The highest BCUT2D eigenvalue weighted by Crippen LogP contribution is 2.29. The molecule has 2 atom stereocenters. The van der Waals surface area contributed by atoms with Crippen LogP contribution in [0.3, 0.4) is 0 Å². The second-order valence-electron chi connectivity index (χ2n) is 3.78. The Balaban J connectivity index is 2.88. The molecule has 1 aromatic rings. The first-order valence-corrected chi connectivity index (χ1v) is 5.47. The van der Waals surface area contributed by atoms with E-state index in [1.54, 1.807) is 6.07 Å². The van der Waals surface area contributed by atoms with E-state index in [0.29, 0.717) is 5.92 Å². The molecule has 1 aromatic carbocycles. The summed E-state index contributed by atoms with van der Waals surface area (Å²) in [7, 11) is 0. The highest BCUT2D eigenvalue weighted by Gasteiger charge is 2.11. The van der Waals surface area contributed by atoms with Gasteiger partial charge in [0.1, 0.15) is 0 Å². The first-order chi connectivity index (χ1) is 6.50. The molecule has 0 aliphatic heterocycles. The third-order valence-electron chi connectivity index (χ3n) is 2.21. The van der Waals surface area contributed by atoms with Crippen molar-refractivity contribution in [3.63, 3.8) is 0 Å². The zero-order chi connectivity index (χ0) is 10.7. The van der Waals surface area contributed by atoms with E-state index in [1.807, 2.05) is 19.1 Å². The molecular weight excluding hydrogens is 217 g/mol. The van der Waals surface area contributed by atoms with E-state index < -0.39 is 0 Å². The van der Waals surface area contributed by atoms with E-state index in [9.17, 15) is 0 Å². The molecule has 0 aliphatic carbocycles. The number of benzene rings is 1. The SMILES string of the molecule is CC(N)CC(C)c1cc(Cl)ccc1Cl. The smallest absolute Gasteiger partial charge is 0.0441 e.